The maximum atomic E-state index is 3.58. The van der Waals surface area contributed by atoms with Crippen LogP contribution in [-0.4, -0.2) is 19.1 Å². The van der Waals surface area contributed by atoms with Gasteiger partial charge in [-0.2, -0.15) is 0 Å². The number of benzene rings is 1. The first-order valence-electron chi connectivity index (χ1n) is 5.61. The Morgan fingerprint density at radius 1 is 1.20 bits per heavy atom. The zero-order valence-electron chi connectivity index (χ0n) is 10.3. The summed E-state index contributed by atoms with van der Waals surface area (Å²) in [5.41, 5.74) is 5.32. The maximum Gasteiger partial charge on any atom is 0.0632 e. The van der Waals surface area contributed by atoms with Gasteiger partial charge in [-0.15, -0.1) is 0 Å². The maximum absolute atomic E-state index is 3.58. The molecule has 0 spiro atoms. The van der Waals surface area contributed by atoms with Crippen LogP contribution < -0.4 is 10.2 Å². The highest BCUT2D eigenvalue weighted by Crippen LogP contribution is 2.36. The summed E-state index contributed by atoms with van der Waals surface area (Å²) >= 11 is 0. The summed E-state index contributed by atoms with van der Waals surface area (Å²) in [4.78, 5) is 2.38. The Morgan fingerprint density at radius 2 is 1.87 bits per heavy atom. The highest BCUT2D eigenvalue weighted by Gasteiger charge is 2.26. The van der Waals surface area contributed by atoms with Gasteiger partial charge in [0.1, 0.15) is 0 Å². The van der Waals surface area contributed by atoms with Crippen molar-refractivity contribution in [3.05, 3.63) is 23.3 Å². The van der Waals surface area contributed by atoms with Crippen LogP contribution in [0.15, 0.2) is 12.1 Å². The first kappa shape index (κ1) is 10.3. The molecule has 0 fully saturated rings. The molecule has 0 saturated heterocycles. The van der Waals surface area contributed by atoms with Gasteiger partial charge in [-0.05, 0) is 44.9 Å². The summed E-state index contributed by atoms with van der Waals surface area (Å²) in [5.74, 6) is 0. The van der Waals surface area contributed by atoms with Crippen molar-refractivity contribution in [3.63, 3.8) is 0 Å². The van der Waals surface area contributed by atoms with Crippen LogP contribution >= 0.6 is 0 Å². The van der Waals surface area contributed by atoms with E-state index in [9.17, 15) is 0 Å². The van der Waals surface area contributed by atoms with Crippen LogP contribution in [0.2, 0.25) is 0 Å². The molecule has 1 aromatic carbocycles. The highest BCUT2D eigenvalue weighted by molar-refractivity contribution is 5.77. The normalized spacial score (nSPS) is 24.7. The predicted octanol–water partition coefficient (Wildman–Crippen LogP) is 2.94. The minimum atomic E-state index is 0.503. The number of anilines is 2. The first-order valence-corrected chi connectivity index (χ1v) is 5.61. The molecular weight excluding hydrogens is 184 g/mol. The van der Waals surface area contributed by atoms with Crippen molar-refractivity contribution in [1.82, 2.24) is 0 Å². The second-order valence-corrected chi connectivity index (χ2v) is 4.76. The van der Waals surface area contributed by atoms with Crippen LogP contribution in [0, 0.1) is 13.8 Å². The summed E-state index contributed by atoms with van der Waals surface area (Å²) in [7, 11) is 2.18. The molecule has 0 amide bonds. The fraction of sp³-hybridized carbons (Fsp3) is 0.538. The molecule has 0 aliphatic carbocycles. The topological polar surface area (TPSA) is 15.3 Å². The molecule has 1 heterocycles. The molecule has 2 rings (SSSR count). The molecule has 2 nitrogen and oxygen atoms in total. The van der Waals surface area contributed by atoms with E-state index in [-0.39, 0.29) is 0 Å². The van der Waals surface area contributed by atoms with Gasteiger partial charge in [0.15, 0.2) is 0 Å². The summed E-state index contributed by atoms with van der Waals surface area (Å²) < 4.78 is 0. The number of fused-ring (bicyclic) bond motifs is 1. The number of hydrogen-bond acceptors (Lipinski definition) is 2. The van der Waals surface area contributed by atoms with Gasteiger partial charge >= 0.3 is 0 Å². The molecule has 0 radical (unpaired) electrons. The summed E-state index contributed by atoms with van der Waals surface area (Å²) in [6.45, 7) is 8.84. The largest absolute Gasteiger partial charge is 0.379 e. The summed E-state index contributed by atoms with van der Waals surface area (Å²) in [5, 5.41) is 3.58. The molecule has 82 valence electrons. The van der Waals surface area contributed by atoms with E-state index in [4.69, 9.17) is 0 Å². The Kier molecular flexibility index (Phi) is 2.37. The monoisotopic (exact) mass is 204 g/mol. The van der Waals surface area contributed by atoms with Crippen molar-refractivity contribution in [2.24, 2.45) is 0 Å². The second-order valence-electron chi connectivity index (χ2n) is 4.76. The lowest BCUT2D eigenvalue weighted by molar-refractivity contribution is 0.586. The van der Waals surface area contributed by atoms with Crippen LogP contribution in [0.25, 0.3) is 0 Å². The van der Waals surface area contributed by atoms with Crippen LogP contribution in [0.4, 0.5) is 11.4 Å². The number of hydrogen-bond donors (Lipinski definition) is 1. The van der Waals surface area contributed by atoms with Crippen molar-refractivity contribution in [1.29, 1.82) is 0 Å². The summed E-state index contributed by atoms with van der Waals surface area (Å²) in [6.07, 6.45) is 0. The fourth-order valence-electron chi connectivity index (χ4n) is 2.44. The quantitative estimate of drug-likeness (QED) is 0.699. The number of aryl methyl sites for hydroxylation is 2. The van der Waals surface area contributed by atoms with Crippen molar-refractivity contribution >= 4 is 11.4 Å². The Labute approximate surface area is 92.3 Å². The van der Waals surface area contributed by atoms with Gasteiger partial charge < -0.3 is 10.2 Å². The van der Waals surface area contributed by atoms with E-state index >= 15 is 0 Å². The number of rotatable bonds is 0. The van der Waals surface area contributed by atoms with Gasteiger partial charge in [0.25, 0.3) is 0 Å². The third kappa shape index (κ3) is 1.58. The Balaban J connectivity index is 2.55. The number of nitrogens with one attached hydrogen (secondary N) is 1. The zero-order valence-corrected chi connectivity index (χ0v) is 10.3. The Morgan fingerprint density at radius 3 is 2.53 bits per heavy atom. The number of likely N-dealkylation sites (N-methyl/N-ethyl adjacent to an activating group) is 1. The SMILES string of the molecule is Cc1cc(C)c2c(c1)NC(C)C(C)N2C. The second kappa shape index (κ2) is 3.44. The van der Waals surface area contributed by atoms with Crippen molar-refractivity contribution in [3.8, 4) is 0 Å². The van der Waals surface area contributed by atoms with E-state index in [0.29, 0.717) is 12.1 Å². The van der Waals surface area contributed by atoms with Crippen molar-refractivity contribution < 1.29 is 0 Å². The molecular formula is C13H20N2. The van der Waals surface area contributed by atoms with Gasteiger partial charge in [-0.25, -0.2) is 0 Å². The van der Waals surface area contributed by atoms with Gasteiger partial charge in [0, 0.05) is 19.1 Å². The van der Waals surface area contributed by atoms with Crippen LogP contribution in [-0.2, 0) is 0 Å². The smallest absolute Gasteiger partial charge is 0.0632 e. The van der Waals surface area contributed by atoms with Gasteiger partial charge in [0.2, 0.25) is 0 Å². The highest BCUT2D eigenvalue weighted by atomic mass is 15.2. The van der Waals surface area contributed by atoms with Crippen LogP contribution in [0.3, 0.4) is 0 Å². The molecule has 2 atom stereocenters. The van der Waals surface area contributed by atoms with E-state index in [1.54, 1.807) is 0 Å². The first-order chi connectivity index (χ1) is 7.00. The molecule has 1 aromatic rings. The minimum Gasteiger partial charge on any atom is -0.379 e. The zero-order chi connectivity index (χ0) is 11.2. The minimum absolute atomic E-state index is 0.503. The molecule has 1 N–H and O–H groups in total. The standard InChI is InChI=1S/C13H20N2/c1-8-6-9(2)13-12(7-8)14-10(3)11(4)15(13)5/h6-7,10-11,14H,1-5H3. The average Bonchev–Trinajstić information content (AvgIpc) is 2.13. The molecule has 1 aliphatic heterocycles. The molecule has 0 aromatic heterocycles. The van der Waals surface area contributed by atoms with E-state index in [1.807, 2.05) is 0 Å². The molecule has 2 unspecified atom stereocenters. The lowest BCUT2D eigenvalue weighted by Gasteiger charge is -2.40. The molecule has 0 saturated carbocycles. The van der Waals surface area contributed by atoms with Crippen molar-refractivity contribution in [2.75, 3.05) is 17.3 Å². The van der Waals surface area contributed by atoms with Gasteiger partial charge in [0.05, 0.1) is 11.4 Å². The molecule has 1 aliphatic rings. The van der Waals surface area contributed by atoms with E-state index < -0.39 is 0 Å². The number of nitrogens with zero attached hydrogens (tertiary/aromatic N) is 1. The fourth-order valence-corrected chi connectivity index (χ4v) is 2.44. The van der Waals surface area contributed by atoms with Gasteiger partial charge in [-0.3, -0.25) is 0 Å². The third-order valence-corrected chi connectivity index (χ3v) is 3.52. The Bertz CT molecular complexity index is 384. The molecule has 2 heteroatoms. The summed E-state index contributed by atoms with van der Waals surface area (Å²) in [6, 6.07) is 5.53. The predicted molar refractivity (Wildman–Crippen MR) is 66.9 cm³/mol. The van der Waals surface area contributed by atoms with Crippen molar-refractivity contribution in [2.45, 2.75) is 39.8 Å². The van der Waals surface area contributed by atoms with Crippen LogP contribution in [0.5, 0.6) is 0 Å². The lowest BCUT2D eigenvalue weighted by Crippen LogP contribution is -2.46. The Hall–Kier alpha value is -1.18. The average molecular weight is 204 g/mol. The van der Waals surface area contributed by atoms with E-state index in [1.165, 1.54) is 22.5 Å². The van der Waals surface area contributed by atoms with E-state index in [0.717, 1.165) is 0 Å². The lowest BCUT2D eigenvalue weighted by atomic mass is 10.00. The molecule has 15 heavy (non-hydrogen) atoms. The van der Waals surface area contributed by atoms with Gasteiger partial charge in [-0.1, -0.05) is 6.07 Å². The third-order valence-electron chi connectivity index (χ3n) is 3.52. The molecule has 0 bridgehead atoms. The van der Waals surface area contributed by atoms with Crippen LogP contribution in [0.1, 0.15) is 25.0 Å². The van der Waals surface area contributed by atoms with E-state index in [2.05, 4.69) is 57.1 Å².